The Balaban J connectivity index is 1.68. The zero-order chi connectivity index (χ0) is 18.4. The summed E-state index contributed by atoms with van der Waals surface area (Å²) < 4.78 is 5.17. The number of pyridine rings is 1. The van der Waals surface area contributed by atoms with Gasteiger partial charge in [-0.3, -0.25) is 9.78 Å². The fraction of sp³-hybridized carbons (Fsp3) is 0.143. The van der Waals surface area contributed by atoms with Gasteiger partial charge in [-0.1, -0.05) is 30.3 Å². The third-order valence-corrected chi connectivity index (χ3v) is 4.06. The van der Waals surface area contributed by atoms with E-state index in [0.717, 1.165) is 5.69 Å². The minimum Gasteiger partial charge on any atom is -0.497 e. The maximum absolute atomic E-state index is 12.5. The highest BCUT2D eigenvalue weighted by atomic mass is 16.5. The number of carbonyl (C=O) groups is 1. The lowest BCUT2D eigenvalue weighted by Crippen LogP contribution is -2.14. The van der Waals surface area contributed by atoms with Crippen LogP contribution in [-0.4, -0.2) is 18.0 Å². The zero-order valence-electron chi connectivity index (χ0n) is 14.8. The number of carbonyl (C=O) groups excluding carboxylic acids is 1. The van der Waals surface area contributed by atoms with E-state index in [4.69, 9.17) is 4.74 Å². The molecule has 132 valence electrons. The lowest BCUT2D eigenvalue weighted by atomic mass is 10.1. The summed E-state index contributed by atoms with van der Waals surface area (Å²) in [6.07, 6.45) is 1.63. The number of benzene rings is 2. The number of rotatable bonds is 6. The fourth-order valence-corrected chi connectivity index (χ4v) is 2.57. The van der Waals surface area contributed by atoms with Crippen LogP contribution < -0.4 is 15.4 Å². The van der Waals surface area contributed by atoms with Crippen molar-refractivity contribution in [1.29, 1.82) is 0 Å². The molecular weight excluding hydrogens is 326 g/mol. The van der Waals surface area contributed by atoms with Crippen LogP contribution in [0.3, 0.4) is 0 Å². The lowest BCUT2D eigenvalue weighted by molar-refractivity contribution is 0.102. The van der Waals surface area contributed by atoms with Crippen LogP contribution in [0.2, 0.25) is 0 Å². The first-order valence-electron chi connectivity index (χ1n) is 8.35. The van der Waals surface area contributed by atoms with Crippen molar-refractivity contribution in [2.45, 2.75) is 13.5 Å². The molecule has 0 aliphatic rings. The van der Waals surface area contributed by atoms with Crippen LogP contribution in [0, 0.1) is 6.92 Å². The lowest BCUT2D eigenvalue weighted by Gasteiger charge is -2.10. The Morgan fingerprint density at radius 2 is 1.88 bits per heavy atom. The Morgan fingerprint density at radius 3 is 2.69 bits per heavy atom. The molecule has 0 aliphatic carbocycles. The third kappa shape index (κ3) is 4.39. The van der Waals surface area contributed by atoms with Crippen molar-refractivity contribution in [3.63, 3.8) is 0 Å². The standard InChI is InChI=1S/C21H21N3O2/c1-15-6-3-4-7-16(15)14-23-17-10-11-22-20(13-17)21(25)24-18-8-5-9-19(12-18)26-2/h3-13H,14H2,1-2H3,(H,22,23)(H,24,25). The normalized spacial score (nSPS) is 10.2. The molecule has 0 bridgehead atoms. The molecule has 0 saturated heterocycles. The van der Waals surface area contributed by atoms with Gasteiger partial charge < -0.3 is 15.4 Å². The van der Waals surface area contributed by atoms with Crippen LogP contribution in [0.25, 0.3) is 0 Å². The summed E-state index contributed by atoms with van der Waals surface area (Å²) in [6, 6.07) is 19.0. The summed E-state index contributed by atoms with van der Waals surface area (Å²) in [4.78, 5) is 16.6. The second kappa shape index (κ2) is 8.16. The smallest absolute Gasteiger partial charge is 0.274 e. The fourth-order valence-electron chi connectivity index (χ4n) is 2.57. The number of anilines is 2. The molecule has 0 fully saturated rings. The second-order valence-electron chi connectivity index (χ2n) is 5.90. The first-order valence-corrected chi connectivity index (χ1v) is 8.35. The molecule has 0 atom stereocenters. The Labute approximate surface area is 153 Å². The van der Waals surface area contributed by atoms with Crippen LogP contribution in [0.5, 0.6) is 5.75 Å². The quantitative estimate of drug-likeness (QED) is 0.699. The van der Waals surface area contributed by atoms with Gasteiger partial charge in [-0.05, 0) is 42.3 Å². The molecule has 1 amide bonds. The third-order valence-electron chi connectivity index (χ3n) is 4.06. The summed E-state index contributed by atoms with van der Waals surface area (Å²) in [5.41, 5.74) is 4.30. The largest absolute Gasteiger partial charge is 0.497 e. The molecule has 26 heavy (non-hydrogen) atoms. The monoisotopic (exact) mass is 347 g/mol. The molecule has 3 aromatic rings. The minimum absolute atomic E-state index is 0.266. The van der Waals surface area contributed by atoms with E-state index in [1.54, 1.807) is 31.5 Å². The van der Waals surface area contributed by atoms with Crippen molar-refractivity contribution >= 4 is 17.3 Å². The van der Waals surface area contributed by atoms with Crippen LogP contribution in [0.4, 0.5) is 11.4 Å². The number of hydrogen-bond acceptors (Lipinski definition) is 4. The number of nitrogens with one attached hydrogen (secondary N) is 2. The zero-order valence-corrected chi connectivity index (χ0v) is 14.8. The van der Waals surface area contributed by atoms with Crippen molar-refractivity contribution in [1.82, 2.24) is 4.98 Å². The molecule has 0 saturated carbocycles. The maximum Gasteiger partial charge on any atom is 0.274 e. The van der Waals surface area contributed by atoms with Gasteiger partial charge in [0.2, 0.25) is 0 Å². The molecule has 2 N–H and O–H groups in total. The minimum atomic E-state index is -0.266. The average Bonchev–Trinajstić information content (AvgIpc) is 2.68. The van der Waals surface area contributed by atoms with Gasteiger partial charge in [0.15, 0.2) is 0 Å². The predicted octanol–water partition coefficient (Wildman–Crippen LogP) is 4.26. The molecule has 0 radical (unpaired) electrons. The van der Waals surface area contributed by atoms with Crippen molar-refractivity contribution < 1.29 is 9.53 Å². The molecular formula is C21H21N3O2. The van der Waals surface area contributed by atoms with Gasteiger partial charge in [0.25, 0.3) is 5.91 Å². The SMILES string of the molecule is COc1cccc(NC(=O)c2cc(NCc3ccccc3C)ccn2)c1. The van der Waals surface area contributed by atoms with E-state index in [9.17, 15) is 4.79 Å². The molecule has 1 heterocycles. The van der Waals surface area contributed by atoms with E-state index in [-0.39, 0.29) is 5.91 Å². The topological polar surface area (TPSA) is 63.2 Å². The number of aryl methyl sites for hydroxylation is 1. The molecule has 5 nitrogen and oxygen atoms in total. The second-order valence-corrected chi connectivity index (χ2v) is 5.90. The number of aromatic nitrogens is 1. The predicted molar refractivity (Wildman–Crippen MR) is 104 cm³/mol. The Kier molecular flexibility index (Phi) is 5.49. The first kappa shape index (κ1) is 17.5. The number of hydrogen-bond donors (Lipinski definition) is 2. The van der Waals surface area contributed by atoms with Crippen molar-refractivity contribution in [3.8, 4) is 5.75 Å². The molecule has 0 aliphatic heterocycles. The average molecular weight is 347 g/mol. The van der Waals surface area contributed by atoms with E-state index in [2.05, 4.69) is 34.7 Å². The van der Waals surface area contributed by atoms with Gasteiger partial charge in [0.1, 0.15) is 11.4 Å². The van der Waals surface area contributed by atoms with Crippen LogP contribution in [0.1, 0.15) is 21.6 Å². The Hall–Kier alpha value is -3.34. The van der Waals surface area contributed by atoms with Gasteiger partial charge in [-0.25, -0.2) is 0 Å². The number of methoxy groups -OCH3 is 1. The number of ether oxygens (including phenoxy) is 1. The van der Waals surface area contributed by atoms with Crippen LogP contribution >= 0.6 is 0 Å². The van der Waals surface area contributed by atoms with Crippen LogP contribution in [0.15, 0.2) is 66.9 Å². The molecule has 5 heteroatoms. The Bertz CT molecular complexity index is 909. The summed E-state index contributed by atoms with van der Waals surface area (Å²) in [7, 11) is 1.59. The van der Waals surface area contributed by atoms with Gasteiger partial charge >= 0.3 is 0 Å². The van der Waals surface area contributed by atoms with E-state index >= 15 is 0 Å². The van der Waals surface area contributed by atoms with Crippen molar-refractivity contribution in [2.75, 3.05) is 17.7 Å². The molecule has 0 unspecified atom stereocenters. The summed E-state index contributed by atoms with van der Waals surface area (Å²) >= 11 is 0. The maximum atomic E-state index is 12.5. The highest BCUT2D eigenvalue weighted by Gasteiger charge is 2.09. The van der Waals surface area contributed by atoms with Crippen molar-refractivity contribution in [2.24, 2.45) is 0 Å². The van der Waals surface area contributed by atoms with E-state index in [0.29, 0.717) is 23.7 Å². The van der Waals surface area contributed by atoms with E-state index in [1.807, 2.05) is 30.3 Å². The van der Waals surface area contributed by atoms with E-state index < -0.39 is 0 Å². The summed E-state index contributed by atoms with van der Waals surface area (Å²) in [5.74, 6) is 0.419. The first-order chi connectivity index (χ1) is 12.7. The number of amides is 1. The summed E-state index contributed by atoms with van der Waals surface area (Å²) in [5, 5.41) is 6.17. The van der Waals surface area contributed by atoms with Gasteiger partial charge in [-0.2, -0.15) is 0 Å². The number of nitrogens with zero attached hydrogens (tertiary/aromatic N) is 1. The van der Waals surface area contributed by atoms with Crippen molar-refractivity contribution in [3.05, 3.63) is 83.7 Å². The highest BCUT2D eigenvalue weighted by molar-refractivity contribution is 6.03. The molecule has 2 aromatic carbocycles. The molecule has 3 rings (SSSR count). The van der Waals surface area contributed by atoms with E-state index in [1.165, 1.54) is 11.1 Å². The molecule has 0 spiro atoms. The van der Waals surface area contributed by atoms with Gasteiger partial charge in [-0.15, -0.1) is 0 Å². The molecule has 1 aromatic heterocycles. The van der Waals surface area contributed by atoms with Crippen LogP contribution in [-0.2, 0) is 6.54 Å². The Morgan fingerprint density at radius 1 is 1.04 bits per heavy atom. The summed E-state index contributed by atoms with van der Waals surface area (Å²) in [6.45, 7) is 2.77. The van der Waals surface area contributed by atoms with Gasteiger partial charge in [0.05, 0.1) is 7.11 Å². The van der Waals surface area contributed by atoms with Gasteiger partial charge in [0, 0.05) is 30.2 Å². The highest BCUT2D eigenvalue weighted by Crippen LogP contribution is 2.18.